The van der Waals surface area contributed by atoms with Crippen LogP contribution in [-0.4, -0.2) is 55.8 Å². The van der Waals surface area contributed by atoms with Gasteiger partial charge in [0.2, 0.25) is 0 Å². The van der Waals surface area contributed by atoms with E-state index >= 15 is 0 Å². The summed E-state index contributed by atoms with van der Waals surface area (Å²) in [4.78, 5) is 2.64. The molecule has 0 spiro atoms. The topological polar surface area (TPSA) is 38.5 Å². The molecule has 0 saturated carbocycles. The third-order valence-corrected chi connectivity index (χ3v) is 5.36. The Balaban J connectivity index is 1.89. The Morgan fingerprint density at radius 3 is 3.00 bits per heavy atom. The predicted molar refractivity (Wildman–Crippen MR) is 74.4 cm³/mol. The average molecular weight is 258 g/mol. The summed E-state index contributed by atoms with van der Waals surface area (Å²) in [5.74, 6) is 4.19. The second-order valence-corrected chi connectivity index (χ2v) is 6.54. The molecule has 2 aliphatic heterocycles. The monoisotopic (exact) mass is 258 g/mol. The zero-order chi connectivity index (χ0) is 12.1. The summed E-state index contributed by atoms with van der Waals surface area (Å²) in [6, 6.07) is 0.615. The molecule has 0 amide bonds. The van der Waals surface area contributed by atoms with Crippen molar-refractivity contribution in [1.82, 2.24) is 4.90 Å². The molecule has 2 heterocycles. The van der Waals surface area contributed by atoms with Crippen molar-refractivity contribution < 1.29 is 4.74 Å². The van der Waals surface area contributed by atoms with Crippen molar-refractivity contribution in [2.24, 2.45) is 17.6 Å². The van der Waals surface area contributed by atoms with Crippen molar-refractivity contribution >= 4 is 11.8 Å². The summed E-state index contributed by atoms with van der Waals surface area (Å²) < 4.78 is 5.31. The third-order valence-electron chi connectivity index (χ3n) is 4.17. The molecule has 100 valence electrons. The lowest BCUT2D eigenvalue weighted by Gasteiger charge is -2.40. The van der Waals surface area contributed by atoms with Crippen molar-refractivity contribution in [3.63, 3.8) is 0 Å². The zero-order valence-corrected chi connectivity index (χ0v) is 11.8. The molecule has 3 nitrogen and oxygen atoms in total. The number of piperidine rings is 1. The molecule has 0 aromatic rings. The Labute approximate surface area is 109 Å². The molecule has 2 fully saturated rings. The van der Waals surface area contributed by atoms with Crippen LogP contribution in [-0.2, 0) is 4.74 Å². The van der Waals surface area contributed by atoms with Crippen LogP contribution in [0.1, 0.15) is 19.3 Å². The second-order valence-electron chi connectivity index (χ2n) is 5.39. The summed E-state index contributed by atoms with van der Waals surface area (Å²) in [6.45, 7) is 4.16. The number of hydrogen-bond donors (Lipinski definition) is 1. The molecule has 3 unspecified atom stereocenters. The molecule has 4 heteroatoms. The van der Waals surface area contributed by atoms with E-state index in [1.54, 1.807) is 0 Å². The standard InChI is InChI=1S/C13H26N2OS/c1-16-9-11-3-2-5-15(8-11)13(7-14)12-4-6-17-10-12/h11-13H,2-10,14H2,1H3. The van der Waals surface area contributed by atoms with Gasteiger partial charge in [-0.2, -0.15) is 11.8 Å². The molecule has 2 N–H and O–H groups in total. The first-order valence-electron chi connectivity index (χ1n) is 6.86. The van der Waals surface area contributed by atoms with E-state index in [1.807, 2.05) is 7.11 Å². The average Bonchev–Trinajstić information content (AvgIpc) is 2.85. The van der Waals surface area contributed by atoms with Crippen LogP contribution >= 0.6 is 11.8 Å². The number of nitrogens with zero attached hydrogens (tertiary/aromatic N) is 1. The first-order chi connectivity index (χ1) is 8.35. The van der Waals surface area contributed by atoms with Crippen LogP contribution < -0.4 is 5.73 Å². The molecular weight excluding hydrogens is 232 g/mol. The Morgan fingerprint density at radius 1 is 1.47 bits per heavy atom. The van der Waals surface area contributed by atoms with E-state index in [0.717, 1.165) is 25.0 Å². The Hall–Kier alpha value is 0.230. The summed E-state index contributed by atoms with van der Waals surface area (Å²) in [5.41, 5.74) is 6.02. The summed E-state index contributed by atoms with van der Waals surface area (Å²) in [5, 5.41) is 0. The van der Waals surface area contributed by atoms with Gasteiger partial charge in [-0.1, -0.05) is 0 Å². The van der Waals surface area contributed by atoms with Gasteiger partial charge in [-0.3, -0.25) is 4.90 Å². The van der Waals surface area contributed by atoms with Crippen molar-refractivity contribution in [1.29, 1.82) is 0 Å². The van der Waals surface area contributed by atoms with Crippen LogP contribution in [0.25, 0.3) is 0 Å². The van der Waals surface area contributed by atoms with E-state index in [9.17, 15) is 0 Å². The number of thioether (sulfide) groups is 1. The number of hydrogen-bond acceptors (Lipinski definition) is 4. The summed E-state index contributed by atoms with van der Waals surface area (Å²) >= 11 is 2.09. The molecule has 2 saturated heterocycles. The highest BCUT2D eigenvalue weighted by molar-refractivity contribution is 7.99. The molecule has 2 aliphatic rings. The minimum Gasteiger partial charge on any atom is -0.384 e. The molecule has 0 aromatic carbocycles. The van der Waals surface area contributed by atoms with Crippen LogP contribution in [0.4, 0.5) is 0 Å². The molecule has 0 bridgehead atoms. The number of rotatable bonds is 5. The van der Waals surface area contributed by atoms with Gasteiger partial charge in [0.15, 0.2) is 0 Å². The number of ether oxygens (including phenoxy) is 1. The van der Waals surface area contributed by atoms with Gasteiger partial charge in [-0.15, -0.1) is 0 Å². The van der Waals surface area contributed by atoms with Crippen LogP contribution in [0.3, 0.4) is 0 Å². The van der Waals surface area contributed by atoms with E-state index in [4.69, 9.17) is 10.5 Å². The summed E-state index contributed by atoms with van der Waals surface area (Å²) in [7, 11) is 1.81. The maximum atomic E-state index is 6.02. The van der Waals surface area contributed by atoms with E-state index < -0.39 is 0 Å². The number of methoxy groups -OCH3 is 1. The van der Waals surface area contributed by atoms with Gasteiger partial charge < -0.3 is 10.5 Å². The highest BCUT2D eigenvalue weighted by Gasteiger charge is 2.32. The summed E-state index contributed by atoms with van der Waals surface area (Å²) in [6.07, 6.45) is 3.99. The first kappa shape index (κ1) is 13.7. The largest absolute Gasteiger partial charge is 0.384 e. The molecule has 2 rings (SSSR count). The zero-order valence-electron chi connectivity index (χ0n) is 10.9. The lowest BCUT2D eigenvalue weighted by molar-refractivity contribution is 0.0558. The van der Waals surface area contributed by atoms with Crippen LogP contribution in [0.5, 0.6) is 0 Å². The quantitative estimate of drug-likeness (QED) is 0.809. The molecule has 0 radical (unpaired) electrons. The van der Waals surface area contributed by atoms with Crippen LogP contribution in [0, 0.1) is 11.8 Å². The van der Waals surface area contributed by atoms with Crippen LogP contribution in [0.2, 0.25) is 0 Å². The molecule has 17 heavy (non-hydrogen) atoms. The van der Waals surface area contributed by atoms with Gasteiger partial charge in [0, 0.05) is 26.2 Å². The molecule has 3 atom stereocenters. The lowest BCUT2D eigenvalue weighted by Crippen LogP contribution is -2.50. The highest BCUT2D eigenvalue weighted by atomic mass is 32.2. The van der Waals surface area contributed by atoms with Gasteiger partial charge in [-0.25, -0.2) is 0 Å². The van der Waals surface area contributed by atoms with Crippen LogP contribution in [0.15, 0.2) is 0 Å². The minimum absolute atomic E-state index is 0.615. The van der Waals surface area contributed by atoms with Gasteiger partial charge in [0.25, 0.3) is 0 Å². The maximum Gasteiger partial charge on any atom is 0.0502 e. The smallest absolute Gasteiger partial charge is 0.0502 e. The highest BCUT2D eigenvalue weighted by Crippen LogP contribution is 2.30. The van der Waals surface area contributed by atoms with E-state index in [-0.39, 0.29) is 0 Å². The van der Waals surface area contributed by atoms with E-state index in [2.05, 4.69) is 16.7 Å². The van der Waals surface area contributed by atoms with Crippen molar-refractivity contribution in [2.45, 2.75) is 25.3 Å². The molecule has 0 aromatic heterocycles. The normalized spacial score (nSPS) is 32.8. The Bertz CT molecular complexity index is 219. The van der Waals surface area contributed by atoms with Gasteiger partial charge in [-0.05, 0) is 49.1 Å². The van der Waals surface area contributed by atoms with Crippen molar-refractivity contribution in [3.8, 4) is 0 Å². The maximum absolute atomic E-state index is 6.02. The Morgan fingerprint density at radius 2 is 2.35 bits per heavy atom. The number of nitrogens with two attached hydrogens (primary N) is 1. The van der Waals surface area contributed by atoms with E-state index in [1.165, 1.54) is 43.9 Å². The Kier molecular flexibility index (Phi) is 5.60. The minimum atomic E-state index is 0.615. The van der Waals surface area contributed by atoms with Crippen molar-refractivity contribution in [2.75, 3.05) is 44.9 Å². The molecular formula is C13H26N2OS. The van der Waals surface area contributed by atoms with Gasteiger partial charge in [0.1, 0.15) is 0 Å². The predicted octanol–water partition coefficient (Wildman–Crippen LogP) is 1.43. The van der Waals surface area contributed by atoms with Crippen molar-refractivity contribution in [3.05, 3.63) is 0 Å². The fraction of sp³-hybridized carbons (Fsp3) is 1.00. The SMILES string of the molecule is COCC1CCCN(C(CN)C2CCSC2)C1. The fourth-order valence-electron chi connectivity index (χ4n) is 3.27. The lowest BCUT2D eigenvalue weighted by atomic mass is 9.92. The third kappa shape index (κ3) is 3.60. The fourth-order valence-corrected chi connectivity index (χ4v) is 4.59. The molecule has 0 aliphatic carbocycles. The van der Waals surface area contributed by atoms with E-state index in [0.29, 0.717) is 6.04 Å². The number of likely N-dealkylation sites (tertiary alicyclic amines) is 1. The second kappa shape index (κ2) is 6.98. The van der Waals surface area contributed by atoms with Gasteiger partial charge >= 0.3 is 0 Å². The van der Waals surface area contributed by atoms with Gasteiger partial charge in [0.05, 0.1) is 6.61 Å². The first-order valence-corrected chi connectivity index (χ1v) is 8.01.